The van der Waals surface area contributed by atoms with Crippen molar-refractivity contribution >= 4 is 23.4 Å². The van der Waals surface area contributed by atoms with Gasteiger partial charge in [0, 0.05) is 5.69 Å². The summed E-state index contributed by atoms with van der Waals surface area (Å²) in [6.45, 7) is 3.82. The molecule has 0 radical (unpaired) electrons. The van der Waals surface area contributed by atoms with Crippen molar-refractivity contribution in [2.45, 2.75) is 24.3 Å². The van der Waals surface area contributed by atoms with Crippen LogP contribution >= 0.6 is 11.8 Å². The number of nitrogens with one attached hydrogen (secondary N) is 1. The van der Waals surface area contributed by atoms with Crippen LogP contribution in [0, 0.1) is 6.92 Å². The lowest BCUT2D eigenvalue weighted by Gasteiger charge is -2.13. The number of ether oxygens (including phenoxy) is 1. The van der Waals surface area contributed by atoms with Gasteiger partial charge in [0.25, 0.3) is 0 Å². The molecule has 1 heterocycles. The Morgan fingerprint density at radius 3 is 2.65 bits per heavy atom. The van der Waals surface area contributed by atoms with Gasteiger partial charge in [-0.2, -0.15) is 4.68 Å². The fourth-order valence-electron chi connectivity index (χ4n) is 2.30. The molecule has 3 rings (SSSR count). The summed E-state index contributed by atoms with van der Waals surface area (Å²) in [5, 5.41) is 14.8. The Morgan fingerprint density at radius 2 is 1.92 bits per heavy atom. The molecular formula is C18H19N5O2S. The van der Waals surface area contributed by atoms with Crippen molar-refractivity contribution in [1.82, 2.24) is 20.2 Å². The molecule has 0 bridgehead atoms. The number of methoxy groups -OCH3 is 1. The number of carbonyl (C=O) groups excluding carboxylic acids is 1. The van der Waals surface area contributed by atoms with Gasteiger partial charge in [0.05, 0.1) is 12.4 Å². The molecule has 7 nitrogen and oxygen atoms in total. The van der Waals surface area contributed by atoms with Gasteiger partial charge >= 0.3 is 0 Å². The fourth-order valence-corrected chi connectivity index (χ4v) is 3.10. The monoisotopic (exact) mass is 369 g/mol. The number of benzene rings is 2. The number of nitrogens with zero attached hydrogens (tertiary/aromatic N) is 4. The maximum Gasteiger partial charge on any atom is 0.237 e. The van der Waals surface area contributed by atoms with Crippen molar-refractivity contribution in [2.24, 2.45) is 0 Å². The second-order valence-corrected chi connectivity index (χ2v) is 6.97. The Kier molecular flexibility index (Phi) is 5.52. The van der Waals surface area contributed by atoms with Crippen LogP contribution < -0.4 is 10.1 Å². The average molecular weight is 369 g/mol. The minimum atomic E-state index is -0.379. The number of amides is 1. The molecule has 134 valence electrons. The number of anilines is 1. The van der Waals surface area contributed by atoms with Gasteiger partial charge in [-0.25, -0.2) is 0 Å². The minimum Gasteiger partial charge on any atom is -0.494 e. The van der Waals surface area contributed by atoms with E-state index in [-0.39, 0.29) is 11.2 Å². The Balaban J connectivity index is 1.74. The SMILES string of the molecule is COc1ccccc1-n1nnnc1S[C@H](C)C(=O)Nc1ccc(C)cc1. The molecule has 0 spiro atoms. The van der Waals surface area contributed by atoms with E-state index in [2.05, 4.69) is 20.8 Å². The number of hydrogen-bond acceptors (Lipinski definition) is 6. The first kappa shape index (κ1) is 17.9. The number of thioether (sulfide) groups is 1. The fraction of sp³-hybridized carbons (Fsp3) is 0.222. The molecule has 8 heteroatoms. The van der Waals surface area contributed by atoms with Crippen LogP contribution in [0.5, 0.6) is 5.75 Å². The van der Waals surface area contributed by atoms with Crippen LogP contribution in [-0.4, -0.2) is 38.5 Å². The summed E-state index contributed by atoms with van der Waals surface area (Å²) >= 11 is 1.28. The maximum atomic E-state index is 12.5. The highest BCUT2D eigenvalue weighted by Crippen LogP contribution is 2.28. The van der Waals surface area contributed by atoms with E-state index in [1.807, 2.05) is 62.4 Å². The normalized spacial score (nSPS) is 11.8. The van der Waals surface area contributed by atoms with E-state index in [0.29, 0.717) is 16.6 Å². The molecule has 0 aliphatic rings. The van der Waals surface area contributed by atoms with Gasteiger partial charge in [-0.05, 0) is 48.5 Å². The third-order valence-corrected chi connectivity index (χ3v) is 4.76. The van der Waals surface area contributed by atoms with E-state index in [4.69, 9.17) is 4.74 Å². The van der Waals surface area contributed by atoms with Crippen molar-refractivity contribution in [3.05, 3.63) is 54.1 Å². The number of carbonyl (C=O) groups is 1. The summed E-state index contributed by atoms with van der Waals surface area (Å²) in [5.41, 5.74) is 2.62. The third kappa shape index (κ3) is 4.02. The lowest BCUT2D eigenvalue weighted by molar-refractivity contribution is -0.115. The van der Waals surface area contributed by atoms with Crippen LogP contribution in [0.3, 0.4) is 0 Å². The van der Waals surface area contributed by atoms with Crippen LogP contribution in [0.15, 0.2) is 53.7 Å². The molecule has 0 saturated heterocycles. The van der Waals surface area contributed by atoms with Crippen molar-refractivity contribution in [3.63, 3.8) is 0 Å². The first-order chi connectivity index (χ1) is 12.6. The van der Waals surface area contributed by atoms with E-state index in [1.54, 1.807) is 11.8 Å². The first-order valence-corrected chi connectivity index (χ1v) is 8.92. The van der Waals surface area contributed by atoms with Gasteiger partial charge in [0.1, 0.15) is 11.4 Å². The predicted molar refractivity (Wildman–Crippen MR) is 101 cm³/mol. The highest BCUT2D eigenvalue weighted by atomic mass is 32.2. The first-order valence-electron chi connectivity index (χ1n) is 8.04. The molecule has 1 N–H and O–H groups in total. The molecule has 0 saturated carbocycles. The summed E-state index contributed by atoms with van der Waals surface area (Å²) in [4.78, 5) is 12.5. The predicted octanol–water partition coefficient (Wildman–Crippen LogP) is 3.10. The zero-order valence-electron chi connectivity index (χ0n) is 14.7. The molecule has 0 aliphatic carbocycles. The molecular weight excluding hydrogens is 350 g/mol. The Morgan fingerprint density at radius 1 is 1.19 bits per heavy atom. The van der Waals surface area contributed by atoms with Crippen molar-refractivity contribution in [2.75, 3.05) is 12.4 Å². The smallest absolute Gasteiger partial charge is 0.237 e. The van der Waals surface area contributed by atoms with Gasteiger partial charge < -0.3 is 10.1 Å². The highest BCUT2D eigenvalue weighted by Gasteiger charge is 2.20. The quantitative estimate of drug-likeness (QED) is 0.673. The molecule has 0 aliphatic heterocycles. The van der Waals surface area contributed by atoms with E-state index in [1.165, 1.54) is 11.8 Å². The zero-order chi connectivity index (χ0) is 18.5. The van der Waals surface area contributed by atoms with Crippen LogP contribution in [0.1, 0.15) is 12.5 Å². The molecule has 1 aromatic heterocycles. The van der Waals surface area contributed by atoms with Gasteiger partial charge in [-0.15, -0.1) is 5.10 Å². The molecule has 3 aromatic rings. The van der Waals surface area contributed by atoms with E-state index in [9.17, 15) is 4.79 Å². The molecule has 1 amide bonds. The number of tetrazole rings is 1. The van der Waals surface area contributed by atoms with Gasteiger partial charge in [0.2, 0.25) is 11.1 Å². The molecule has 0 unspecified atom stereocenters. The summed E-state index contributed by atoms with van der Waals surface area (Å²) in [6, 6.07) is 15.1. The second-order valence-electron chi connectivity index (χ2n) is 5.66. The Bertz CT molecular complexity index is 895. The maximum absolute atomic E-state index is 12.5. The van der Waals surface area contributed by atoms with Crippen LogP contribution in [0.4, 0.5) is 5.69 Å². The lowest BCUT2D eigenvalue weighted by Crippen LogP contribution is -2.22. The van der Waals surface area contributed by atoms with Crippen LogP contribution in [-0.2, 0) is 4.79 Å². The van der Waals surface area contributed by atoms with Crippen molar-refractivity contribution in [3.8, 4) is 11.4 Å². The van der Waals surface area contributed by atoms with Crippen LogP contribution in [0.2, 0.25) is 0 Å². The number of rotatable bonds is 6. The highest BCUT2D eigenvalue weighted by molar-refractivity contribution is 8.00. The molecule has 2 aromatic carbocycles. The summed E-state index contributed by atoms with van der Waals surface area (Å²) in [6.07, 6.45) is 0. The molecule has 0 fully saturated rings. The standard InChI is InChI=1S/C18H19N5O2S/c1-12-8-10-14(11-9-12)19-17(24)13(2)26-18-20-21-22-23(18)15-6-4-5-7-16(15)25-3/h4-11,13H,1-3H3,(H,19,24)/t13-/m1/s1. The van der Waals surface area contributed by atoms with Gasteiger partial charge in [-0.3, -0.25) is 4.79 Å². The Labute approximate surface area is 155 Å². The van der Waals surface area contributed by atoms with Crippen molar-refractivity contribution in [1.29, 1.82) is 0 Å². The largest absolute Gasteiger partial charge is 0.494 e. The molecule has 26 heavy (non-hydrogen) atoms. The zero-order valence-corrected chi connectivity index (χ0v) is 15.5. The summed E-state index contributed by atoms with van der Waals surface area (Å²) < 4.78 is 6.93. The topological polar surface area (TPSA) is 81.9 Å². The minimum absolute atomic E-state index is 0.117. The average Bonchev–Trinajstić information content (AvgIpc) is 3.11. The number of aryl methyl sites for hydroxylation is 1. The van der Waals surface area contributed by atoms with E-state index in [0.717, 1.165) is 11.3 Å². The lowest BCUT2D eigenvalue weighted by atomic mass is 10.2. The number of hydrogen-bond donors (Lipinski definition) is 1. The molecule has 1 atom stereocenters. The Hall–Kier alpha value is -2.87. The number of para-hydroxylation sites is 2. The van der Waals surface area contributed by atoms with Crippen LogP contribution in [0.25, 0.3) is 5.69 Å². The third-order valence-electron chi connectivity index (χ3n) is 3.72. The van der Waals surface area contributed by atoms with E-state index >= 15 is 0 Å². The summed E-state index contributed by atoms with van der Waals surface area (Å²) in [7, 11) is 1.59. The second kappa shape index (κ2) is 8.01. The van der Waals surface area contributed by atoms with Gasteiger partial charge in [-0.1, -0.05) is 41.6 Å². The van der Waals surface area contributed by atoms with E-state index < -0.39 is 0 Å². The number of aromatic nitrogens is 4. The van der Waals surface area contributed by atoms with Gasteiger partial charge in [0.15, 0.2) is 0 Å². The van der Waals surface area contributed by atoms with Crippen molar-refractivity contribution < 1.29 is 9.53 Å². The summed E-state index contributed by atoms with van der Waals surface area (Å²) in [5.74, 6) is 0.534.